The number of halogens is 1. The zero-order valence-corrected chi connectivity index (χ0v) is 21.1. The van der Waals surface area contributed by atoms with Crippen molar-refractivity contribution in [3.05, 3.63) is 71.5 Å². The van der Waals surface area contributed by atoms with E-state index in [0.717, 1.165) is 42.3 Å². The first-order chi connectivity index (χ1) is 18.5. The molecule has 2 aliphatic heterocycles. The van der Waals surface area contributed by atoms with Gasteiger partial charge in [0.2, 0.25) is 0 Å². The van der Waals surface area contributed by atoms with Crippen LogP contribution in [0.1, 0.15) is 36.5 Å². The van der Waals surface area contributed by atoms with Gasteiger partial charge in [0.15, 0.2) is 17.3 Å². The minimum absolute atomic E-state index is 0.0238. The molecule has 3 aromatic carbocycles. The Balaban J connectivity index is 1.30. The molecule has 1 amide bonds. The van der Waals surface area contributed by atoms with E-state index in [0.29, 0.717) is 13.0 Å². The molecule has 0 radical (unpaired) electrons. The number of aliphatic hydroxyl groups is 1. The highest BCUT2D eigenvalue weighted by Crippen LogP contribution is 2.36. The van der Waals surface area contributed by atoms with E-state index >= 15 is 0 Å². The van der Waals surface area contributed by atoms with Crippen LogP contribution in [0.15, 0.2) is 59.8 Å². The van der Waals surface area contributed by atoms with Crippen molar-refractivity contribution in [3.63, 3.8) is 0 Å². The average Bonchev–Trinajstić information content (AvgIpc) is 3.46. The van der Waals surface area contributed by atoms with Gasteiger partial charge in [0.1, 0.15) is 25.0 Å². The molecule has 0 bridgehead atoms. The van der Waals surface area contributed by atoms with Crippen molar-refractivity contribution >= 4 is 22.4 Å². The first-order valence-corrected chi connectivity index (χ1v) is 13.0. The number of aliphatic hydroxyl groups excluding tert-OH is 1. The maximum Gasteiger partial charge on any atom is 0.269 e. The zero-order chi connectivity index (χ0) is 26.5. The van der Waals surface area contributed by atoms with E-state index < -0.39 is 23.9 Å². The van der Waals surface area contributed by atoms with Gasteiger partial charge < -0.3 is 30.0 Å². The number of nitrogens with one attached hydrogen (secondary N) is 1. The van der Waals surface area contributed by atoms with Crippen LogP contribution in [0.3, 0.4) is 0 Å². The molecule has 0 unspecified atom stereocenters. The largest absolute Gasteiger partial charge is 0.486 e. The summed E-state index contributed by atoms with van der Waals surface area (Å²) in [5, 5.41) is 29.2. The molecule has 38 heavy (non-hydrogen) atoms. The molecule has 2 aliphatic rings. The summed E-state index contributed by atoms with van der Waals surface area (Å²) in [5.74, 6) is -0.953. The molecule has 5 rings (SSSR count). The predicted octanol–water partition coefficient (Wildman–Crippen LogP) is 3.83. The summed E-state index contributed by atoms with van der Waals surface area (Å²) in [7, 11) is 0. The van der Waals surface area contributed by atoms with Crippen LogP contribution in [0.25, 0.3) is 10.8 Å². The van der Waals surface area contributed by atoms with Crippen LogP contribution in [0, 0.1) is 5.82 Å². The van der Waals surface area contributed by atoms with E-state index in [-0.39, 0.29) is 42.4 Å². The van der Waals surface area contributed by atoms with Crippen molar-refractivity contribution in [2.75, 3.05) is 32.8 Å². The number of aryl methyl sites for hydroxylation is 1. The van der Waals surface area contributed by atoms with Gasteiger partial charge in [-0.1, -0.05) is 47.6 Å². The minimum atomic E-state index is -1.22. The van der Waals surface area contributed by atoms with E-state index in [9.17, 15) is 19.5 Å². The Labute approximate surface area is 220 Å². The van der Waals surface area contributed by atoms with E-state index in [2.05, 4.69) is 21.4 Å². The number of rotatable bonds is 9. The fourth-order valence-corrected chi connectivity index (χ4v) is 5.12. The summed E-state index contributed by atoms with van der Waals surface area (Å²) >= 11 is 0. The molecule has 0 aliphatic carbocycles. The molecule has 3 N–H and O–H groups in total. The van der Waals surface area contributed by atoms with Crippen LogP contribution in [-0.2, 0) is 11.2 Å². The topological polar surface area (TPSA) is 104 Å². The van der Waals surface area contributed by atoms with Gasteiger partial charge in [0.25, 0.3) is 5.91 Å². The van der Waals surface area contributed by atoms with Crippen molar-refractivity contribution in [3.8, 4) is 11.5 Å². The van der Waals surface area contributed by atoms with Crippen LogP contribution >= 0.6 is 0 Å². The van der Waals surface area contributed by atoms with Crippen molar-refractivity contribution in [2.24, 2.45) is 5.16 Å². The normalized spacial score (nSPS) is 17.4. The summed E-state index contributed by atoms with van der Waals surface area (Å²) in [6.07, 6.45) is 1.57. The molecule has 0 aromatic heterocycles. The third-order valence-electron chi connectivity index (χ3n) is 7.16. The van der Waals surface area contributed by atoms with E-state index in [1.807, 2.05) is 36.4 Å². The van der Waals surface area contributed by atoms with E-state index in [4.69, 9.17) is 9.47 Å². The molecule has 2 heterocycles. The molecule has 0 spiro atoms. The standard InChI is InChI=1S/C29H32FN3O5/c30-23-16-22(17-26-28(23)38-14-13-37-26)27(34)25(18-33-11-3-4-12-33)31-29(35)24(32-36)10-8-19-7-9-20-5-1-2-6-21(20)15-19/h1-2,5-7,9,15-17,25,27,34,36H,3-4,8,10-14,18H2,(H,31,35)/b32-24-/t25-,27+/m1/s1. The fraction of sp³-hybridized carbons (Fsp3) is 0.379. The highest BCUT2D eigenvalue weighted by molar-refractivity contribution is 6.38. The quantitative estimate of drug-likeness (QED) is 0.225. The Hall–Kier alpha value is -3.69. The number of carbonyl (C=O) groups excluding carboxylic acids is 1. The second-order valence-electron chi connectivity index (χ2n) is 9.79. The first-order valence-electron chi connectivity index (χ1n) is 13.0. The minimum Gasteiger partial charge on any atom is -0.486 e. The van der Waals surface area contributed by atoms with Crippen molar-refractivity contribution in [1.82, 2.24) is 10.2 Å². The average molecular weight is 522 g/mol. The third-order valence-corrected chi connectivity index (χ3v) is 7.16. The van der Waals surface area contributed by atoms with Gasteiger partial charge >= 0.3 is 0 Å². The van der Waals surface area contributed by atoms with Gasteiger partial charge in [0.05, 0.1) is 6.04 Å². The van der Waals surface area contributed by atoms with Gasteiger partial charge in [-0.3, -0.25) is 4.79 Å². The molecular weight excluding hydrogens is 489 g/mol. The van der Waals surface area contributed by atoms with Crippen LogP contribution in [0.5, 0.6) is 11.5 Å². The number of nitrogens with zero attached hydrogens (tertiary/aromatic N) is 2. The highest BCUT2D eigenvalue weighted by atomic mass is 19.1. The van der Waals surface area contributed by atoms with Crippen LogP contribution in [0.4, 0.5) is 4.39 Å². The fourth-order valence-electron chi connectivity index (χ4n) is 5.12. The smallest absolute Gasteiger partial charge is 0.269 e. The number of benzene rings is 3. The number of amides is 1. The van der Waals surface area contributed by atoms with Crippen molar-refractivity contribution < 1.29 is 29.0 Å². The second-order valence-corrected chi connectivity index (χ2v) is 9.79. The maximum atomic E-state index is 14.7. The van der Waals surface area contributed by atoms with Gasteiger partial charge in [-0.25, -0.2) is 4.39 Å². The summed E-state index contributed by atoms with van der Waals surface area (Å²) in [6, 6.07) is 16.1. The van der Waals surface area contributed by atoms with Crippen LogP contribution < -0.4 is 14.8 Å². The molecule has 8 nitrogen and oxygen atoms in total. The van der Waals surface area contributed by atoms with E-state index in [1.54, 1.807) is 6.07 Å². The zero-order valence-electron chi connectivity index (χ0n) is 21.1. The van der Waals surface area contributed by atoms with Gasteiger partial charge in [-0.05, 0) is 66.4 Å². The first kappa shape index (κ1) is 25.9. The Morgan fingerprint density at radius 3 is 2.61 bits per heavy atom. The molecule has 0 saturated carbocycles. The Bertz CT molecular complexity index is 1320. The van der Waals surface area contributed by atoms with Crippen molar-refractivity contribution in [1.29, 1.82) is 0 Å². The van der Waals surface area contributed by atoms with Gasteiger partial charge in [-0.15, -0.1) is 0 Å². The number of likely N-dealkylation sites (tertiary alicyclic amines) is 1. The number of hydrogen-bond donors (Lipinski definition) is 3. The summed E-state index contributed by atoms with van der Waals surface area (Å²) < 4.78 is 25.6. The molecule has 9 heteroatoms. The van der Waals surface area contributed by atoms with Crippen LogP contribution in [0.2, 0.25) is 0 Å². The molecule has 200 valence electrons. The Morgan fingerprint density at radius 1 is 1.05 bits per heavy atom. The number of oxime groups is 1. The molecule has 2 atom stereocenters. The lowest BCUT2D eigenvalue weighted by molar-refractivity contribution is -0.116. The van der Waals surface area contributed by atoms with E-state index in [1.165, 1.54) is 6.07 Å². The molecular formula is C29H32FN3O5. The lowest BCUT2D eigenvalue weighted by Gasteiger charge is -2.29. The lowest BCUT2D eigenvalue weighted by Crippen LogP contribution is -2.48. The monoisotopic (exact) mass is 521 g/mol. The van der Waals surface area contributed by atoms with Gasteiger partial charge in [-0.2, -0.15) is 0 Å². The maximum absolute atomic E-state index is 14.7. The third kappa shape index (κ3) is 5.89. The predicted molar refractivity (Wildman–Crippen MR) is 141 cm³/mol. The molecule has 1 fully saturated rings. The van der Waals surface area contributed by atoms with Gasteiger partial charge in [0, 0.05) is 13.0 Å². The Kier molecular flexibility index (Phi) is 8.05. The van der Waals surface area contributed by atoms with Crippen molar-refractivity contribution in [2.45, 2.75) is 37.8 Å². The summed E-state index contributed by atoms with van der Waals surface area (Å²) in [4.78, 5) is 15.3. The van der Waals surface area contributed by atoms with Crippen LogP contribution in [-0.4, -0.2) is 65.7 Å². The number of hydrogen-bond acceptors (Lipinski definition) is 7. The number of ether oxygens (including phenoxy) is 2. The molecule has 3 aromatic rings. The summed E-state index contributed by atoms with van der Waals surface area (Å²) in [6.45, 7) is 2.59. The number of fused-ring (bicyclic) bond motifs is 2. The molecule has 1 saturated heterocycles. The highest BCUT2D eigenvalue weighted by Gasteiger charge is 2.30. The Morgan fingerprint density at radius 2 is 1.82 bits per heavy atom. The SMILES string of the molecule is O=C(N[C@H](CN1CCCC1)[C@@H](O)c1cc(F)c2c(c1)OCCO2)/C(CCc1ccc2ccccc2c1)=N\O. The number of carbonyl (C=O) groups is 1. The second kappa shape index (κ2) is 11.8. The summed E-state index contributed by atoms with van der Waals surface area (Å²) in [5.41, 5.74) is 1.25. The lowest BCUT2D eigenvalue weighted by atomic mass is 9.99.